The zero-order chi connectivity index (χ0) is 16.3. The highest BCUT2D eigenvalue weighted by atomic mass is 19.4. The summed E-state index contributed by atoms with van der Waals surface area (Å²) in [6.45, 7) is 1.69. The quantitative estimate of drug-likeness (QED) is 0.780. The number of hydrogen-bond donors (Lipinski definition) is 0. The first-order valence-electron chi connectivity index (χ1n) is 6.81. The number of ether oxygens (including phenoxy) is 2. The summed E-state index contributed by atoms with van der Waals surface area (Å²) in [5, 5.41) is 0. The molecule has 1 fully saturated rings. The Kier molecular flexibility index (Phi) is 5.07. The smallest absolute Gasteiger partial charge is 0.406 e. The Labute approximate surface area is 125 Å². The van der Waals surface area contributed by atoms with Crippen LogP contribution in [-0.4, -0.2) is 59.0 Å². The van der Waals surface area contributed by atoms with Crippen molar-refractivity contribution >= 4 is 5.97 Å². The molecule has 0 unspecified atom stereocenters. The molecule has 0 aliphatic carbocycles. The van der Waals surface area contributed by atoms with Gasteiger partial charge in [-0.1, -0.05) is 0 Å². The highest BCUT2D eigenvalue weighted by Gasteiger charge is 2.33. The van der Waals surface area contributed by atoms with Gasteiger partial charge < -0.3 is 14.0 Å². The van der Waals surface area contributed by atoms with E-state index in [4.69, 9.17) is 4.74 Å². The lowest BCUT2D eigenvalue weighted by Crippen LogP contribution is -2.49. The summed E-state index contributed by atoms with van der Waals surface area (Å²) in [6.07, 6.45) is -2.63. The molecule has 2 rings (SSSR count). The monoisotopic (exact) mass is 321 g/mol. The van der Waals surface area contributed by atoms with Gasteiger partial charge in [-0.05, 0) is 6.92 Å². The van der Waals surface area contributed by atoms with Crippen LogP contribution in [0.25, 0.3) is 0 Å². The Hall–Kier alpha value is -1.61. The fraction of sp³-hybridized carbons (Fsp3) is 0.692. The molecule has 2 heterocycles. The predicted octanol–water partition coefficient (Wildman–Crippen LogP) is 1.21. The van der Waals surface area contributed by atoms with Gasteiger partial charge in [0, 0.05) is 25.5 Å². The minimum Gasteiger partial charge on any atom is -0.467 e. The maximum Gasteiger partial charge on any atom is 0.406 e. The maximum atomic E-state index is 12.5. The van der Waals surface area contributed by atoms with Crippen molar-refractivity contribution in [3.05, 3.63) is 18.2 Å². The Morgan fingerprint density at radius 3 is 2.86 bits per heavy atom. The van der Waals surface area contributed by atoms with Crippen LogP contribution in [0.2, 0.25) is 0 Å². The van der Waals surface area contributed by atoms with E-state index in [0.717, 1.165) is 4.57 Å². The van der Waals surface area contributed by atoms with E-state index in [2.05, 4.69) is 9.72 Å². The number of imidazole rings is 1. The van der Waals surface area contributed by atoms with Crippen LogP contribution in [0.15, 0.2) is 12.4 Å². The number of rotatable bonds is 4. The summed E-state index contributed by atoms with van der Waals surface area (Å²) in [4.78, 5) is 17.4. The molecule has 1 aromatic heterocycles. The number of nitrogens with zero attached hydrogens (tertiary/aromatic N) is 3. The number of alkyl halides is 3. The molecule has 1 aromatic rings. The number of halogens is 3. The molecule has 2 atom stereocenters. The van der Waals surface area contributed by atoms with E-state index >= 15 is 0 Å². The fourth-order valence-electron chi connectivity index (χ4n) is 2.46. The third-order valence-electron chi connectivity index (χ3n) is 3.32. The molecule has 6 nitrogen and oxygen atoms in total. The molecular weight excluding hydrogens is 303 g/mol. The van der Waals surface area contributed by atoms with Crippen LogP contribution in [0.1, 0.15) is 12.7 Å². The number of carbonyl (C=O) groups is 1. The second-order valence-corrected chi connectivity index (χ2v) is 5.24. The average molecular weight is 321 g/mol. The molecule has 1 aliphatic heterocycles. The molecule has 0 spiro atoms. The minimum absolute atomic E-state index is 0.213. The third-order valence-corrected chi connectivity index (χ3v) is 3.32. The van der Waals surface area contributed by atoms with E-state index in [1.165, 1.54) is 19.5 Å². The first-order chi connectivity index (χ1) is 10.3. The summed E-state index contributed by atoms with van der Waals surface area (Å²) in [6, 6.07) is 0. The minimum atomic E-state index is -4.30. The molecule has 22 heavy (non-hydrogen) atoms. The first kappa shape index (κ1) is 16.8. The van der Waals surface area contributed by atoms with Crippen LogP contribution in [-0.2, 0) is 27.4 Å². The summed E-state index contributed by atoms with van der Waals surface area (Å²) in [5.41, 5.74) is 0. The number of esters is 1. The Morgan fingerprint density at radius 1 is 1.50 bits per heavy atom. The van der Waals surface area contributed by atoms with Gasteiger partial charge >= 0.3 is 12.1 Å². The van der Waals surface area contributed by atoms with Crippen LogP contribution >= 0.6 is 0 Å². The van der Waals surface area contributed by atoms with Crippen LogP contribution in [0.4, 0.5) is 13.2 Å². The Balaban J connectivity index is 2.04. The molecule has 9 heteroatoms. The SMILES string of the molecule is COC(=O)[C@H]1CN(Cc2nccn2CC(F)(F)F)C[C@@H](C)O1. The first-order valence-corrected chi connectivity index (χ1v) is 6.81. The van der Waals surface area contributed by atoms with E-state index < -0.39 is 24.8 Å². The third kappa shape index (κ3) is 4.44. The van der Waals surface area contributed by atoms with Crippen molar-refractivity contribution in [2.75, 3.05) is 20.2 Å². The molecule has 0 amide bonds. The molecule has 1 aliphatic rings. The van der Waals surface area contributed by atoms with Gasteiger partial charge in [-0.3, -0.25) is 4.90 Å². The number of morpholine rings is 1. The van der Waals surface area contributed by atoms with Crippen molar-refractivity contribution in [1.29, 1.82) is 0 Å². The van der Waals surface area contributed by atoms with Crippen LogP contribution in [0, 0.1) is 0 Å². The lowest BCUT2D eigenvalue weighted by atomic mass is 10.2. The Bertz CT molecular complexity index is 518. The molecule has 0 N–H and O–H groups in total. The molecule has 1 saturated heterocycles. The van der Waals surface area contributed by atoms with Gasteiger partial charge in [0.25, 0.3) is 0 Å². The zero-order valence-corrected chi connectivity index (χ0v) is 12.3. The van der Waals surface area contributed by atoms with Gasteiger partial charge in [0.1, 0.15) is 12.4 Å². The topological polar surface area (TPSA) is 56.6 Å². The van der Waals surface area contributed by atoms with Crippen molar-refractivity contribution in [2.24, 2.45) is 0 Å². The van der Waals surface area contributed by atoms with E-state index in [-0.39, 0.29) is 19.2 Å². The summed E-state index contributed by atoms with van der Waals surface area (Å²) >= 11 is 0. The van der Waals surface area contributed by atoms with Gasteiger partial charge in [-0.2, -0.15) is 13.2 Å². The highest BCUT2D eigenvalue weighted by Crippen LogP contribution is 2.20. The Morgan fingerprint density at radius 2 is 2.23 bits per heavy atom. The molecule has 124 valence electrons. The van der Waals surface area contributed by atoms with Crippen molar-refractivity contribution < 1.29 is 27.4 Å². The highest BCUT2D eigenvalue weighted by molar-refractivity contribution is 5.74. The van der Waals surface area contributed by atoms with E-state index in [0.29, 0.717) is 12.4 Å². The predicted molar refractivity (Wildman–Crippen MR) is 69.9 cm³/mol. The lowest BCUT2D eigenvalue weighted by molar-refractivity contribution is -0.166. The van der Waals surface area contributed by atoms with E-state index in [1.807, 2.05) is 4.90 Å². The molecule has 0 radical (unpaired) electrons. The van der Waals surface area contributed by atoms with Gasteiger partial charge in [0.05, 0.1) is 19.8 Å². The maximum absolute atomic E-state index is 12.5. The normalized spacial score (nSPS) is 23.5. The number of methoxy groups -OCH3 is 1. The van der Waals surface area contributed by atoms with Crippen LogP contribution < -0.4 is 0 Å². The number of aromatic nitrogens is 2. The summed E-state index contributed by atoms with van der Waals surface area (Å²) in [5.74, 6) is -0.190. The molecule has 0 aromatic carbocycles. The molecule has 0 saturated carbocycles. The average Bonchev–Trinajstić information content (AvgIpc) is 2.82. The van der Waals surface area contributed by atoms with Gasteiger partial charge in [0.2, 0.25) is 0 Å². The molecule has 0 bridgehead atoms. The number of carbonyl (C=O) groups excluding carboxylic acids is 1. The largest absolute Gasteiger partial charge is 0.467 e. The van der Waals surface area contributed by atoms with Crippen LogP contribution in [0.5, 0.6) is 0 Å². The number of hydrogen-bond acceptors (Lipinski definition) is 5. The standard InChI is InChI=1S/C13H18F3N3O3/c1-9-5-18(6-10(22-9)12(20)21-2)7-11-17-3-4-19(11)8-13(14,15)16/h3-4,9-10H,5-8H2,1-2H3/t9-,10-/m1/s1. The zero-order valence-electron chi connectivity index (χ0n) is 12.3. The second-order valence-electron chi connectivity index (χ2n) is 5.24. The van der Waals surface area contributed by atoms with Crippen molar-refractivity contribution in [1.82, 2.24) is 14.5 Å². The molecular formula is C13H18F3N3O3. The van der Waals surface area contributed by atoms with Crippen molar-refractivity contribution in [3.63, 3.8) is 0 Å². The lowest BCUT2D eigenvalue weighted by Gasteiger charge is -2.35. The van der Waals surface area contributed by atoms with Crippen molar-refractivity contribution in [3.8, 4) is 0 Å². The van der Waals surface area contributed by atoms with E-state index in [1.54, 1.807) is 6.92 Å². The van der Waals surface area contributed by atoms with Gasteiger partial charge in [-0.15, -0.1) is 0 Å². The van der Waals surface area contributed by atoms with Crippen LogP contribution in [0.3, 0.4) is 0 Å². The van der Waals surface area contributed by atoms with Gasteiger partial charge in [0.15, 0.2) is 6.10 Å². The van der Waals surface area contributed by atoms with Gasteiger partial charge in [-0.25, -0.2) is 9.78 Å². The summed E-state index contributed by atoms with van der Waals surface area (Å²) in [7, 11) is 1.27. The van der Waals surface area contributed by atoms with E-state index in [9.17, 15) is 18.0 Å². The second kappa shape index (κ2) is 6.66. The van der Waals surface area contributed by atoms with Crippen molar-refractivity contribution in [2.45, 2.75) is 38.4 Å². The summed E-state index contributed by atoms with van der Waals surface area (Å²) < 4.78 is 48.7. The fourth-order valence-corrected chi connectivity index (χ4v) is 2.46.